The number of hydrogen-bond acceptors (Lipinski definition) is 2. The summed E-state index contributed by atoms with van der Waals surface area (Å²) in [7, 11) is 0. The van der Waals surface area contributed by atoms with Gasteiger partial charge in [0.25, 0.3) is 0 Å². The summed E-state index contributed by atoms with van der Waals surface area (Å²) >= 11 is 0. The minimum absolute atomic E-state index is 0.306. The van der Waals surface area contributed by atoms with Crippen molar-refractivity contribution in [1.82, 2.24) is 15.1 Å². The Morgan fingerprint density at radius 3 is 2.39 bits per heavy atom. The Balaban J connectivity index is 2.01. The summed E-state index contributed by atoms with van der Waals surface area (Å²) in [5, 5.41) is 7.91. The Morgan fingerprint density at radius 2 is 1.78 bits per heavy atom. The van der Waals surface area contributed by atoms with Crippen LogP contribution in [-0.4, -0.2) is 9.78 Å². The van der Waals surface area contributed by atoms with E-state index in [1.54, 1.807) is 0 Å². The van der Waals surface area contributed by atoms with E-state index in [0.29, 0.717) is 12.1 Å². The molecule has 2 aromatic rings. The average Bonchev–Trinajstić information content (AvgIpc) is 2.88. The van der Waals surface area contributed by atoms with Crippen LogP contribution in [0.2, 0.25) is 0 Å². The predicted octanol–water partition coefficient (Wildman–Crippen LogP) is 3.31. The van der Waals surface area contributed by atoms with Crippen molar-refractivity contribution in [2.24, 2.45) is 0 Å². The molecule has 0 radical (unpaired) electrons. The maximum absolute atomic E-state index is 4.31. The molecule has 0 spiro atoms. The number of nitrogens with zero attached hydrogens (tertiary/aromatic N) is 2. The van der Waals surface area contributed by atoms with Crippen molar-refractivity contribution in [2.45, 2.75) is 39.4 Å². The minimum Gasteiger partial charge on any atom is -0.304 e. The van der Waals surface area contributed by atoms with Crippen molar-refractivity contribution in [2.75, 3.05) is 0 Å². The zero-order valence-electron chi connectivity index (χ0n) is 11.3. The molecule has 1 N–H and O–H groups in total. The molecule has 3 heteroatoms. The van der Waals surface area contributed by atoms with E-state index in [4.69, 9.17) is 0 Å². The van der Waals surface area contributed by atoms with Gasteiger partial charge in [-0.25, -0.2) is 0 Å². The van der Waals surface area contributed by atoms with Gasteiger partial charge in [-0.1, -0.05) is 30.3 Å². The zero-order valence-corrected chi connectivity index (χ0v) is 11.3. The maximum atomic E-state index is 4.31. The van der Waals surface area contributed by atoms with Crippen LogP contribution < -0.4 is 5.32 Å². The third kappa shape index (κ3) is 2.99. The molecular weight excluding hydrogens is 222 g/mol. The van der Waals surface area contributed by atoms with Crippen LogP contribution in [0.15, 0.2) is 42.7 Å². The first-order valence-electron chi connectivity index (χ1n) is 6.54. The molecule has 3 nitrogen and oxygen atoms in total. The van der Waals surface area contributed by atoms with Gasteiger partial charge in [0.15, 0.2) is 0 Å². The number of rotatable bonds is 5. The molecule has 1 heterocycles. The van der Waals surface area contributed by atoms with E-state index < -0.39 is 0 Å². The summed E-state index contributed by atoms with van der Waals surface area (Å²) in [5.41, 5.74) is 2.55. The Bertz CT molecular complexity index is 475. The summed E-state index contributed by atoms with van der Waals surface area (Å²) < 4.78 is 1.96. The SMILES string of the molecule is CCn1cc(C(C)N[C@@H](C)c2ccccc2)cn1. The Kier molecular flexibility index (Phi) is 4.15. The van der Waals surface area contributed by atoms with E-state index in [0.717, 1.165) is 6.54 Å². The van der Waals surface area contributed by atoms with Crippen molar-refractivity contribution in [3.05, 3.63) is 53.9 Å². The van der Waals surface area contributed by atoms with Crippen molar-refractivity contribution < 1.29 is 0 Å². The normalized spacial score (nSPS) is 14.4. The molecule has 0 bridgehead atoms. The fourth-order valence-corrected chi connectivity index (χ4v) is 2.09. The predicted molar refractivity (Wildman–Crippen MR) is 74.3 cm³/mol. The van der Waals surface area contributed by atoms with Crippen LogP contribution in [0.4, 0.5) is 0 Å². The lowest BCUT2D eigenvalue weighted by atomic mass is 10.1. The van der Waals surface area contributed by atoms with Crippen molar-refractivity contribution in [3.8, 4) is 0 Å². The van der Waals surface area contributed by atoms with Crippen LogP contribution in [0.1, 0.15) is 44.0 Å². The fraction of sp³-hybridized carbons (Fsp3) is 0.400. The van der Waals surface area contributed by atoms with Gasteiger partial charge in [0, 0.05) is 30.4 Å². The van der Waals surface area contributed by atoms with Crippen LogP contribution in [0, 0.1) is 0 Å². The van der Waals surface area contributed by atoms with E-state index in [1.165, 1.54) is 11.1 Å². The van der Waals surface area contributed by atoms with E-state index in [-0.39, 0.29) is 0 Å². The molecule has 1 unspecified atom stereocenters. The van der Waals surface area contributed by atoms with Crippen LogP contribution in [0.3, 0.4) is 0 Å². The molecule has 0 aliphatic rings. The maximum Gasteiger partial charge on any atom is 0.0537 e. The number of nitrogens with one attached hydrogen (secondary N) is 1. The fourth-order valence-electron chi connectivity index (χ4n) is 2.09. The first kappa shape index (κ1) is 12.8. The van der Waals surface area contributed by atoms with Gasteiger partial charge >= 0.3 is 0 Å². The van der Waals surface area contributed by atoms with Crippen LogP contribution in [0.25, 0.3) is 0 Å². The molecule has 0 amide bonds. The monoisotopic (exact) mass is 243 g/mol. The number of benzene rings is 1. The quantitative estimate of drug-likeness (QED) is 0.873. The highest BCUT2D eigenvalue weighted by molar-refractivity contribution is 5.19. The highest BCUT2D eigenvalue weighted by Gasteiger charge is 2.12. The second-order valence-corrected chi connectivity index (χ2v) is 4.65. The van der Waals surface area contributed by atoms with Crippen molar-refractivity contribution in [1.29, 1.82) is 0 Å². The van der Waals surface area contributed by atoms with Gasteiger partial charge < -0.3 is 5.32 Å². The average molecular weight is 243 g/mol. The Morgan fingerprint density at radius 1 is 1.11 bits per heavy atom. The smallest absolute Gasteiger partial charge is 0.0537 e. The third-order valence-electron chi connectivity index (χ3n) is 3.28. The molecule has 0 saturated carbocycles. The van der Waals surface area contributed by atoms with E-state index >= 15 is 0 Å². The first-order chi connectivity index (χ1) is 8.70. The standard InChI is InChI=1S/C15H21N3/c1-4-18-11-15(10-16-18)13(3)17-12(2)14-8-6-5-7-9-14/h5-13,17H,4H2,1-3H3/t12-,13?/m0/s1. The number of hydrogen-bond donors (Lipinski definition) is 1. The van der Waals surface area contributed by atoms with Gasteiger partial charge in [0.1, 0.15) is 0 Å². The lowest BCUT2D eigenvalue weighted by Gasteiger charge is -2.19. The molecule has 1 aromatic heterocycles. The van der Waals surface area contributed by atoms with Gasteiger partial charge in [0.05, 0.1) is 6.20 Å². The van der Waals surface area contributed by atoms with Crippen LogP contribution in [0.5, 0.6) is 0 Å². The molecule has 96 valence electrons. The Hall–Kier alpha value is -1.61. The van der Waals surface area contributed by atoms with Crippen LogP contribution in [-0.2, 0) is 6.54 Å². The van der Waals surface area contributed by atoms with Crippen molar-refractivity contribution >= 4 is 0 Å². The molecular formula is C15H21N3. The summed E-state index contributed by atoms with van der Waals surface area (Å²) in [5.74, 6) is 0. The molecule has 0 fully saturated rings. The molecule has 0 aliphatic carbocycles. The number of aromatic nitrogens is 2. The second-order valence-electron chi connectivity index (χ2n) is 4.65. The van der Waals surface area contributed by atoms with Gasteiger partial charge in [-0.2, -0.15) is 5.10 Å². The van der Waals surface area contributed by atoms with Gasteiger partial charge in [-0.3, -0.25) is 4.68 Å². The van der Waals surface area contributed by atoms with E-state index in [2.05, 4.69) is 61.6 Å². The second kappa shape index (κ2) is 5.83. The highest BCUT2D eigenvalue weighted by Crippen LogP contribution is 2.18. The lowest BCUT2D eigenvalue weighted by molar-refractivity contribution is 0.494. The summed E-state index contributed by atoms with van der Waals surface area (Å²) in [6.45, 7) is 7.38. The summed E-state index contributed by atoms with van der Waals surface area (Å²) in [6.07, 6.45) is 4.05. The molecule has 1 aromatic carbocycles. The minimum atomic E-state index is 0.306. The Labute approximate surface area is 109 Å². The summed E-state index contributed by atoms with van der Waals surface area (Å²) in [4.78, 5) is 0. The molecule has 0 saturated heterocycles. The van der Waals surface area contributed by atoms with Crippen LogP contribution >= 0.6 is 0 Å². The zero-order chi connectivity index (χ0) is 13.0. The van der Waals surface area contributed by atoms with Gasteiger partial charge in [-0.05, 0) is 26.3 Å². The molecule has 0 aliphatic heterocycles. The molecule has 2 rings (SSSR count). The molecule has 18 heavy (non-hydrogen) atoms. The van der Waals surface area contributed by atoms with Crippen molar-refractivity contribution in [3.63, 3.8) is 0 Å². The highest BCUT2D eigenvalue weighted by atomic mass is 15.3. The number of aryl methyl sites for hydroxylation is 1. The van der Waals surface area contributed by atoms with E-state index in [9.17, 15) is 0 Å². The topological polar surface area (TPSA) is 29.9 Å². The molecule has 2 atom stereocenters. The lowest BCUT2D eigenvalue weighted by Crippen LogP contribution is -2.22. The van der Waals surface area contributed by atoms with E-state index in [1.807, 2.05) is 16.9 Å². The third-order valence-corrected chi connectivity index (χ3v) is 3.28. The summed E-state index contributed by atoms with van der Waals surface area (Å²) in [6, 6.07) is 11.2. The largest absolute Gasteiger partial charge is 0.304 e. The van der Waals surface area contributed by atoms with Gasteiger partial charge in [0.2, 0.25) is 0 Å². The first-order valence-corrected chi connectivity index (χ1v) is 6.54. The van der Waals surface area contributed by atoms with Gasteiger partial charge in [-0.15, -0.1) is 0 Å².